The van der Waals surface area contributed by atoms with E-state index in [0.717, 1.165) is 24.2 Å². The highest BCUT2D eigenvalue weighted by atomic mass is 16.4. The van der Waals surface area contributed by atoms with Gasteiger partial charge >= 0.3 is 5.97 Å². The predicted octanol–water partition coefficient (Wildman–Crippen LogP) is 2.66. The topological polar surface area (TPSA) is 49.3 Å². The lowest BCUT2D eigenvalue weighted by Crippen LogP contribution is -2.55. The smallest absolute Gasteiger partial charge is 0.303 e. The largest absolute Gasteiger partial charge is 0.481 e. The van der Waals surface area contributed by atoms with Crippen LogP contribution in [-0.2, 0) is 4.79 Å². The molecular formula is C15H25NO2. The van der Waals surface area contributed by atoms with Crippen LogP contribution < -0.4 is 5.32 Å². The van der Waals surface area contributed by atoms with Gasteiger partial charge in [0, 0.05) is 12.5 Å². The molecule has 4 fully saturated rings. The van der Waals surface area contributed by atoms with Crippen molar-refractivity contribution in [2.45, 2.75) is 57.4 Å². The molecule has 0 aromatic rings. The van der Waals surface area contributed by atoms with Crippen LogP contribution in [-0.4, -0.2) is 24.2 Å². The molecule has 0 radical (unpaired) electrons. The minimum Gasteiger partial charge on any atom is -0.481 e. The molecule has 1 unspecified atom stereocenters. The van der Waals surface area contributed by atoms with E-state index in [9.17, 15) is 4.79 Å². The first kappa shape index (κ1) is 12.5. The van der Waals surface area contributed by atoms with Crippen LogP contribution in [0, 0.1) is 23.2 Å². The minimum absolute atomic E-state index is 0.313. The lowest BCUT2D eigenvalue weighted by molar-refractivity contribution is -0.137. The Morgan fingerprint density at radius 3 is 2.11 bits per heavy atom. The molecule has 0 heterocycles. The van der Waals surface area contributed by atoms with E-state index in [-0.39, 0.29) is 0 Å². The monoisotopic (exact) mass is 251 g/mol. The molecule has 3 nitrogen and oxygen atoms in total. The van der Waals surface area contributed by atoms with Gasteiger partial charge in [-0.2, -0.15) is 0 Å². The second-order valence-corrected chi connectivity index (χ2v) is 7.05. The second-order valence-electron chi connectivity index (χ2n) is 7.05. The molecule has 0 spiro atoms. The number of hydrogen-bond donors (Lipinski definition) is 2. The van der Waals surface area contributed by atoms with Gasteiger partial charge in [-0.15, -0.1) is 0 Å². The average Bonchev–Trinajstić information content (AvgIpc) is 2.26. The summed E-state index contributed by atoms with van der Waals surface area (Å²) in [5.74, 6) is 2.17. The third kappa shape index (κ3) is 2.07. The lowest BCUT2D eigenvalue weighted by atomic mass is 9.47. The molecule has 3 heteroatoms. The van der Waals surface area contributed by atoms with Gasteiger partial charge in [-0.25, -0.2) is 0 Å². The zero-order chi connectivity index (χ0) is 12.8. The van der Waals surface area contributed by atoms with Crippen molar-refractivity contribution in [1.82, 2.24) is 5.32 Å². The van der Waals surface area contributed by atoms with Gasteiger partial charge in [0.2, 0.25) is 0 Å². The normalized spacial score (nSPS) is 43.1. The quantitative estimate of drug-likeness (QED) is 0.789. The number of hydrogen-bond acceptors (Lipinski definition) is 2. The number of aliphatic carboxylic acids is 1. The van der Waals surface area contributed by atoms with Crippen molar-refractivity contribution < 1.29 is 9.90 Å². The van der Waals surface area contributed by atoms with E-state index in [1.807, 2.05) is 7.05 Å². The highest BCUT2D eigenvalue weighted by molar-refractivity contribution is 5.66. The van der Waals surface area contributed by atoms with E-state index in [4.69, 9.17) is 5.11 Å². The molecule has 0 aliphatic heterocycles. The summed E-state index contributed by atoms with van der Waals surface area (Å²) < 4.78 is 0. The highest BCUT2D eigenvalue weighted by Crippen LogP contribution is 2.61. The Balaban J connectivity index is 1.74. The van der Waals surface area contributed by atoms with E-state index in [0.29, 0.717) is 17.9 Å². The lowest BCUT2D eigenvalue weighted by Gasteiger charge is -2.59. The summed E-state index contributed by atoms with van der Waals surface area (Å²) in [6.07, 6.45) is 9.53. The van der Waals surface area contributed by atoms with E-state index >= 15 is 0 Å². The van der Waals surface area contributed by atoms with Crippen LogP contribution in [0.3, 0.4) is 0 Å². The number of carboxylic acid groups (broad SMARTS) is 1. The Morgan fingerprint density at radius 2 is 1.72 bits per heavy atom. The van der Waals surface area contributed by atoms with E-state index < -0.39 is 5.97 Å². The first-order valence-electron chi connectivity index (χ1n) is 7.50. The zero-order valence-electron chi connectivity index (χ0n) is 11.3. The Bertz CT molecular complexity index is 304. The van der Waals surface area contributed by atoms with Gasteiger partial charge in [0.25, 0.3) is 0 Å². The third-order valence-electron chi connectivity index (χ3n) is 5.82. The van der Waals surface area contributed by atoms with Gasteiger partial charge in [-0.05, 0) is 75.2 Å². The molecule has 4 aliphatic rings. The molecule has 0 aromatic heterocycles. The molecule has 4 saturated carbocycles. The molecule has 1 atom stereocenters. The average molecular weight is 251 g/mol. The molecule has 2 N–H and O–H groups in total. The zero-order valence-corrected chi connectivity index (χ0v) is 11.3. The first-order chi connectivity index (χ1) is 8.61. The standard InChI is InChI=1S/C15H25NO2/c1-16-13(2-3-14(17)18)15-7-10-4-11(8-15)6-12(5-10)9-15/h10-13,16H,2-9H2,1H3,(H,17,18). The van der Waals surface area contributed by atoms with Crippen molar-refractivity contribution in [2.75, 3.05) is 7.05 Å². The molecule has 4 bridgehead atoms. The Kier molecular flexibility index (Phi) is 3.13. The summed E-state index contributed by atoms with van der Waals surface area (Å²) in [5.41, 5.74) is 0.430. The number of carbonyl (C=O) groups is 1. The number of rotatable bonds is 5. The SMILES string of the molecule is CNC(CCC(=O)O)C12CC3CC(CC(C3)C1)C2. The van der Waals surface area contributed by atoms with Gasteiger partial charge in [0.1, 0.15) is 0 Å². The van der Waals surface area contributed by atoms with Gasteiger partial charge in [0.05, 0.1) is 0 Å². The summed E-state index contributed by atoms with van der Waals surface area (Å²) in [6.45, 7) is 0. The fourth-order valence-electron chi connectivity index (χ4n) is 5.63. The van der Waals surface area contributed by atoms with Crippen molar-refractivity contribution in [2.24, 2.45) is 23.2 Å². The van der Waals surface area contributed by atoms with Crippen molar-refractivity contribution in [3.8, 4) is 0 Å². The van der Waals surface area contributed by atoms with Crippen LogP contribution in [0.15, 0.2) is 0 Å². The molecule has 0 saturated heterocycles. The summed E-state index contributed by atoms with van der Waals surface area (Å²) in [4.78, 5) is 10.8. The van der Waals surface area contributed by atoms with Gasteiger partial charge in [0.15, 0.2) is 0 Å². The summed E-state index contributed by atoms with van der Waals surface area (Å²) in [7, 11) is 2.02. The van der Waals surface area contributed by atoms with Crippen molar-refractivity contribution in [3.05, 3.63) is 0 Å². The van der Waals surface area contributed by atoms with E-state index in [1.54, 1.807) is 0 Å². The Hall–Kier alpha value is -0.570. The third-order valence-corrected chi connectivity index (χ3v) is 5.82. The summed E-state index contributed by atoms with van der Waals surface area (Å²) in [5, 5.41) is 12.4. The maximum Gasteiger partial charge on any atom is 0.303 e. The molecule has 4 rings (SSSR count). The van der Waals surface area contributed by atoms with E-state index in [1.165, 1.54) is 38.5 Å². The Labute approximate surface area is 109 Å². The molecule has 18 heavy (non-hydrogen) atoms. The van der Waals surface area contributed by atoms with Gasteiger partial charge in [-0.1, -0.05) is 0 Å². The number of nitrogens with one attached hydrogen (secondary N) is 1. The van der Waals surface area contributed by atoms with Crippen molar-refractivity contribution in [1.29, 1.82) is 0 Å². The molecule has 0 aromatic carbocycles. The fourth-order valence-corrected chi connectivity index (χ4v) is 5.63. The van der Waals surface area contributed by atoms with Crippen LogP contribution >= 0.6 is 0 Å². The minimum atomic E-state index is -0.653. The maximum absolute atomic E-state index is 10.8. The number of carboxylic acids is 1. The summed E-state index contributed by atoms with van der Waals surface area (Å²) >= 11 is 0. The molecular weight excluding hydrogens is 226 g/mol. The van der Waals surface area contributed by atoms with Crippen LogP contribution in [0.25, 0.3) is 0 Å². The van der Waals surface area contributed by atoms with Crippen LogP contribution in [0.4, 0.5) is 0 Å². The molecule has 0 amide bonds. The van der Waals surface area contributed by atoms with Gasteiger partial charge < -0.3 is 10.4 Å². The van der Waals surface area contributed by atoms with Crippen molar-refractivity contribution >= 4 is 5.97 Å². The van der Waals surface area contributed by atoms with Crippen LogP contribution in [0.2, 0.25) is 0 Å². The second kappa shape index (κ2) is 4.52. The predicted molar refractivity (Wildman–Crippen MR) is 70.3 cm³/mol. The molecule has 102 valence electrons. The van der Waals surface area contributed by atoms with Crippen LogP contribution in [0.1, 0.15) is 51.4 Å². The fraction of sp³-hybridized carbons (Fsp3) is 0.933. The first-order valence-corrected chi connectivity index (χ1v) is 7.50. The molecule has 4 aliphatic carbocycles. The van der Waals surface area contributed by atoms with Crippen molar-refractivity contribution in [3.63, 3.8) is 0 Å². The van der Waals surface area contributed by atoms with Crippen LogP contribution in [0.5, 0.6) is 0 Å². The maximum atomic E-state index is 10.8. The Morgan fingerprint density at radius 1 is 1.22 bits per heavy atom. The van der Waals surface area contributed by atoms with Gasteiger partial charge in [-0.3, -0.25) is 4.79 Å². The highest BCUT2D eigenvalue weighted by Gasteiger charge is 2.53. The van der Waals surface area contributed by atoms with E-state index in [2.05, 4.69) is 5.32 Å². The summed E-state index contributed by atoms with van der Waals surface area (Å²) in [6, 6.07) is 0.419.